The van der Waals surface area contributed by atoms with Crippen molar-refractivity contribution in [2.75, 3.05) is 19.6 Å². The molecule has 1 aliphatic rings. The molecule has 0 aromatic rings. The molecule has 0 bridgehead atoms. The Labute approximate surface area is 121 Å². The topological polar surface area (TPSA) is 15.3 Å². The second-order valence-corrected chi connectivity index (χ2v) is 7.39. The van der Waals surface area contributed by atoms with Gasteiger partial charge >= 0.3 is 0 Å². The van der Waals surface area contributed by atoms with Crippen LogP contribution in [0.4, 0.5) is 0 Å². The van der Waals surface area contributed by atoms with Crippen molar-refractivity contribution in [1.82, 2.24) is 10.2 Å². The van der Waals surface area contributed by atoms with E-state index in [2.05, 4.69) is 51.8 Å². The fourth-order valence-corrected chi connectivity index (χ4v) is 3.64. The molecule has 2 nitrogen and oxygen atoms in total. The minimum Gasteiger partial charge on any atom is -0.314 e. The summed E-state index contributed by atoms with van der Waals surface area (Å²) in [5.41, 5.74) is 0.502. The molecule has 0 aromatic heterocycles. The molecule has 1 aliphatic carbocycles. The maximum Gasteiger partial charge on any atom is 0.00528 e. The van der Waals surface area contributed by atoms with Gasteiger partial charge in [-0.1, -0.05) is 40.5 Å². The lowest BCUT2D eigenvalue weighted by Crippen LogP contribution is -2.49. The van der Waals surface area contributed by atoms with Crippen LogP contribution in [0, 0.1) is 11.3 Å². The average Bonchev–Trinajstić information content (AvgIpc) is 2.33. The van der Waals surface area contributed by atoms with Crippen LogP contribution in [0.25, 0.3) is 0 Å². The lowest BCUT2D eigenvalue weighted by Gasteiger charge is -2.45. The average molecular weight is 268 g/mol. The molecule has 1 rings (SSSR count). The van der Waals surface area contributed by atoms with E-state index in [1.807, 2.05) is 0 Å². The molecule has 1 fully saturated rings. The van der Waals surface area contributed by atoms with Gasteiger partial charge in [0.15, 0.2) is 0 Å². The summed E-state index contributed by atoms with van der Waals surface area (Å²) in [4.78, 5) is 2.65. The lowest BCUT2D eigenvalue weighted by molar-refractivity contribution is 0.0662. The van der Waals surface area contributed by atoms with Gasteiger partial charge in [0, 0.05) is 25.2 Å². The first kappa shape index (κ1) is 17.0. The van der Waals surface area contributed by atoms with Gasteiger partial charge in [-0.2, -0.15) is 0 Å². The molecule has 2 heteroatoms. The Morgan fingerprint density at radius 2 is 1.95 bits per heavy atom. The van der Waals surface area contributed by atoms with Gasteiger partial charge in [0.05, 0.1) is 0 Å². The highest BCUT2D eigenvalue weighted by molar-refractivity contribution is 4.90. The maximum atomic E-state index is 3.72. The van der Waals surface area contributed by atoms with E-state index in [1.54, 1.807) is 0 Å². The standard InChI is InChI=1S/C17H36N2/c1-7-19(15(4)5)13-17(12-18-14(2)3)10-8-9-16(6)11-17/h14-16,18H,7-13H2,1-6H3. The Balaban J connectivity index is 2.72. The number of hydrogen-bond acceptors (Lipinski definition) is 2. The molecule has 0 spiro atoms. The molecule has 0 amide bonds. The molecular formula is C17H36N2. The van der Waals surface area contributed by atoms with E-state index in [1.165, 1.54) is 45.3 Å². The van der Waals surface area contributed by atoms with Crippen molar-refractivity contribution in [3.8, 4) is 0 Å². The monoisotopic (exact) mass is 268 g/mol. The summed E-state index contributed by atoms with van der Waals surface area (Å²) in [5, 5.41) is 3.72. The van der Waals surface area contributed by atoms with Crippen molar-refractivity contribution >= 4 is 0 Å². The first-order chi connectivity index (χ1) is 8.88. The Morgan fingerprint density at radius 3 is 2.42 bits per heavy atom. The molecule has 0 heterocycles. The first-order valence-corrected chi connectivity index (χ1v) is 8.36. The Hall–Kier alpha value is -0.0800. The van der Waals surface area contributed by atoms with Crippen LogP contribution < -0.4 is 5.32 Å². The molecule has 114 valence electrons. The lowest BCUT2D eigenvalue weighted by atomic mass is 9.69. The Kier molecular flexibility index (Phi) is 6.82. The van der Waals surface area contributed by atoms with Gasteiger partial charge in [0.1, 0.15) is 0 Å². The Morgan fingerprint density at radius 1 is 1.26 bits per heavy atom. The zero-order chi connectivity index (χ0) is 14.5. The molecule has 0 aliphatic heterocycles. The summed E-state index contributed by atoms with van der Waals surface area (Å²) in [6.45, 7) is 17.6. The van der Waals surface area contributed by atoms with E-state index in [0.29, 0.717) is 17.5 Å². The van der Waals surface area contributed by atoms with Crippen molar-refractivity contribution in [1.29, 1.82) is 0 Å². The van der Waals surface area contributed by atoms with Crippen LogP contribution in [0.3, 0.4) is 0 Å². The molecule has 0 radical (unpaired) electrons. The van der Waals surface area contributed by atoms with Crippen LogP contribution >= 0.6 is 0 Å². The summed E-state index contributed by atoms with van der Waals surface area (Å²) < 4.78 is 0. The number of nitrogens with zero attached hydrogens (tertiary/aromatic N) is 1. The van der Waals surface area contributed by atoms with Crippen LogP contribution in [-0.4, -0.2) is 36.6 Å². The van der Waals surface area contributed by atoms with Crippen LogP contribution in [0.5, 0.6) is 0 Å². The summed E-state index contributed by atoms with van der Waals surface area (Å²) in [5.74, 6) is 0.897. The molecule has 0 aromatic carbocycles. The van der Waals surface area contributed by atoms with Gasteiger partial charge in [0.25, 0.3) is 0 Å². The highest BCUT2D eigenvalue weighted by atomic mass is 15.2. The molecular weight excluding hydrogens is 232 g/mol. The van der Waals surface area contributed by atoms with Crippen LogP contribution in [0.1, 0.15) is 67.2 Å². The highest BCUT2D eigenvalue weighted by Crippen LogP contribution is 2.40. The van der Waals surface area contributed by atoms with Gasteiger partial charge in [0.2, 0.25) is 0 Å². The fraction of sp³-hybridized carbons (Fsp3) is 1.00. The number of hydrogen-bond donors (Lipinski definition) is 1. The second kappa shape index (κ2) is 7.64. The van der Waals surface area contributed by atoms with Gasteiger partial charge < -0.3 is 10.2 Å². The normalized spacial score (nSPS) is 28.6. The second-order valence-electron chi connectivity index (χ2n) is 7.39. The predicted octanol–water partition coefficient (Wildman–Crippen LogP) is 3.91. The van der Waals surface area contributed by atoms with Crippen molar-refractivity contribution in [2.24, 2.45) is 11.3 Å². The van der Waals surface area contributed by atoms with Gasteiger partial charge in [-0.15, -0.1) is 0 Å². The molecule has 1 saturated carbocycles. The van der Waals surface area contributed by atoms with E-state index >= 15 is 0 Å². The Bertz CT molecular complexity index is 250. The van der Waals surface area contributed by atoms with Crippen LogP contribution in [-0.2, 0) is 0 Å². The van der Waals surface area contributed by atoms with E-state index in [4.69, 9.17) is 0 Å². The molecule has 1 N–H and O–H groups in total. The largest absolute Gasteiger partial charge is 0.314 e. The van der Waals surface area contributed by atoms with Crippen molar-refractivity contribution in [2.45, 2.75) is 79.3 Å². The number of nitrogens with one attached hydrogen (secondary N) is 1. The van der Waals surface area contributed by atoms with E-state index in [0.717, 1.165) is 5.92 Å². The van der Waals surface area contributed by atoms with Gasteiger partial charge in [-0.3, -0.25) is 0 Å². The SMILES string of the molecule is CCN(CC1(CNC(C)C)CCCC(C)C1)C(C)C. The quantitative estimate of drug-likeness (QED) is 0.753. The summed E-state index contributed by atoms with van der Waals surface area (Å²) in [6, 6.07) is 1.27. The highest BCUT2D eigenvalue weighted by Gasteiger charge is 2.36. The van der Waals surface area contributed by atoms with Crippen molar-refractivity contribution in [3.63, 3.8) is 0 Å². The third-order valence-corrected chi connectivity index (χ3v) is 4.75. The smallest absolute Gasteiger partial charge is 0.00528 e. The third-order valence-electron chi connectivity index (χ3n) is 4.75. The predicted molar refractivity (Wildman–Crippen MR) is 85.6 cm³/mol. The summed E-state index contributed by atoms with van der Waals surface area (Å²) in [7, 11) is 0. The van der Waals surface area contributed by atoms with E-state index < -0.39 is 0 Å². The summed E-state index contributed by atoms with van der Waals surface area (Å²) >= 11 is 0. The van der Waals surface area contributed by atoms with Gasteiger partial charge in [-0.05, 0) is 44.6 Å². The fourth-order valence-electron chi connectivity index (χ4n) is 3.64. The van der Waals surface area contributed by atoms with Gasteiger partial charge in [-0.25, -0.2) is 0 Å². The summed E-state index contributed by atoms with van der Waals surface area (Å²) in [6.07, 6.45) is 5.64. The zero-order valence-electron chi connectivity index (χ0n) is 14.1. The van der Waals surface area contributed by atoms with Crippen molar-refractivity contribution in [3.05, 3.63) is 0 Å². The first-order valence-electron chi connectivity index (χ1n) is 8.36. The minimum absolute atomic E-state index is 0.502. The van der Waals surface area contributed by atoms with Crippen molar-refractivity contribution < 1.29 is 0 Å². The maximum absolute atomic E-state index is 3.72. The zero-order valence-corrected chi connectivity index (χ0v) is 14.1. The number of rotatable bonds is 7. The minimum atomic E-state index is 0.502. The van der Waals surface area contributed by atoms with Crippen LogP contribution in [0.2, 0.25) is 0 Å². The molecule has 19 heavy (non-hydrogen) atoms. The molecule has 2 atom stereocenters. The molecule has 0 saturated heterocycles. The van der Waals surface area contributed by atoms with E-state index in [-0.39, 0.29) is 0 Å². The van der Waals surface area contributed by atoms with E-state index in [9.17, 15) is 0 Å². The molecule has 2 unspecified atom stereocenters. The van der Waals surface area contributed by atoms with Crippen LogP contribution in [0.15, 0.2) is 0 Å². The third kappa shape index (κ3) is 5.43.